The lowest BCUT2D eigenvalue weighted by Crippen LogP contribution is -2.45. The third kappa shape index (κ3) is 4.22. The number of halogens is 3. The minimum atomic E-state index is -4.50. The summed E-state index contributed by atoms with van der Waals surface area (Å²) >= 11 is 0. The van der Waals surface area contributed by atoms with E-state index in [9.17, 15) is 18.3 Å². The normalized spacial score (nSPS) is 20.6. The monoisotopic (exact) mass is 418 g/mol. The van der Waals surface area contributed by atoms with E-state index in [1.54, 1.807) is 0 Å². The van der Waals surface area contributed by atoms with Crippen LogP contribution in [0.2, 0.25) is 0 Å². The summed E-state index contributed by atoms with van der Waals surface area (Å²) in [5.74, 6) is 0.148. The van der Waals surface area contributed by atoms with E-state index in [0.29, 0.717) is 31.0 Å². The fourth-order valence-electron chi connectivity index (χ4n) is 3.84. The number of aromatic hydroxyl groups is 1. The van der Waals surface area contributed by atoms with Crippen LogP contribution in [0.15, 0.2) is 36.5 Å². The first-order chi connectivity index (χ1) is 14.2. The quantitative estimate of drug-likeness (QED) is 0.693. The van der Waals surface area contributed by atoms with Crippen molar-refractivity contribution in [1.29, 1.82) is 0 Å². The predicted octanol–water partition coefficient (Wildman–Crippen LogP) is 4.03. The number of aromatic nitrogens is 3. The molecule has 0 unspecified atom stereocenters. The Bertz CT molecular complexity index is 1060. The molecule has 4 rings (SSSR count). The van der Waals surface area contributed by atoms with Crippen molar-refractivity contribution in [1.82, 2.24) is 19.9 Å². The number of nitrogens with zero attached hydrogens (tertiary/aromatic N) is 4. The Hall–Kier alpha value is -2.78. The molecule has 1 fully saturated rings. The topological polar surface area (TPSA) is 71.4 Å². The summed E-state index contributed by atoms with van der Waals surface area (Å²) in [5.41, 5.74) is -0.337. The number of pyridine rings is 1. The Morgan fingerprint density at radius 3 is 2.53 bits per heavy atom. The second-order valence-corrected chi connectivity index (χ2v) is 7.54. The lowest BCUT2D eigenvalue weighted by Gasteiger charge is -2.34. The van der Waals surface area contributed by atoms with Crippen molar-refractivity contribution < 1.29 is 23.0 Å². The van der Waals surface area contributed by atoms with E-state index < -0.39 is 11.7 Å². The second-order valence-electron chi connectivity index (χ2n) is 7.54. The van der Waals surface area contributed by atoms with Gasteiger partial charge in [-0.25, -0.2) is 4.98 Å². The number of alkyl halides is 3. The Morgan fingerprint density at radius 1 is 1.13 bits per heavy atom. The molecule has 3 aromatic rings. The van der Waals surface area contributed by atoms with Crippen molar-refractivity contribution in [2.24, 2.45) is 0 Å². The smallest absolute Gasteiger partial charge is 0.417 e. The van der Waals surface area contributed by atoms with Crippen LogP contribution in [0.4, 0.5) is 13.2 Å². The number of rotatable bonds is 3. The van der Waals surface area contributed by atoms with Gasteiger partial charge in [0.05, 0.1) is 40.9 Å². The summed E-state index contributed by atoms with van der Waals surface area (Å²) in [7, 11) is 0. The van der Waals surface area contributed by atoms with Gasteiger partial charge in [0.25, 0.3) is 0 Å². The Kier molecular flexibility index (Phi) is 5.33. The van der Waals surface area contributed by atoms with Crippen LogP contribution in [-0.4, -0.2) is 50.3 Å². The van der Waals surface area contributed by atoms with Gasteiger partial charge in [0, 0.05) is 24.8 Å². The van der Waals surface area contributed by atoms with E-state index in [1.165, 1.54) is 30.5 Å². The van der Waals surface area contributed by atoms with E-state index in [2.05, 4.69) is 19.9 Å². The highest BCUT2D eigenvalue weighted by Gasteiger charge is 2.33. The summed E-state index contributed by atoms with van der Waals surface area (Å²) in [4.78, 5) is 14.9. The average Bonchev–Trinajstić information content (AvgIpc) is 2.66. The summed E-state index contributed by atoms with van der Waals surface area (Å²) < 4.78 is 45.9. The van der Waals surface area contributed by atoms with Gasteiger partial charge in [0.1, 0.15) is 5.82 Å². The minimum absolute atomic E-state index is 0.0395. The van der Waals surface area contributed by atoms with Gasteiger partial charge in [-0.15, -0.1) is 0 Å². The first-order valence-corrected chi connectivity index (χ1v) is 9.61. The van der Waals surface area contributed by atoms with Crippen LogP contribution in [0.5, 0.6) is 5.88 Å². The predicted molar refractivity (Wildman–Crippen MR) is 105 cm³/mol. The fraction of sp³-hybridized carbons (Fsp3) is 0.381. The zero-order valence-corrected chi connectivity index (χ0v) is 16.5. The standard InChI is InChI=1S/C21H21F3N4O2/c1-12-9-28(10-13(2)30-12)11-19-26-18-7-17(25-8-15(18)20(29)27-19)14-5-3-4-6-16(14)21(22,23)24/h3-8,12-13H,9-11H2,1-2H3,(H,26,27,29)/t12-,13+. The van der Waals surface area contributed by atoms with Crippen LogP contribution >= 0.6 is 0 Å². The molecule has 158 valence electrons. The lowest BCUT2D eigenvalue weighted by molar-refractivity contribution is -0.137. The van der Waals surface area contributed by atoms with E-state index in [1.807, 2.05) is 13.8 Å². The maximum Gasteiger partial charge on any atom is 0.417 e. The molecule has 0 amide bonds. The highest BCUT2D eigenvalue weighted by Crippen LogP contribution is 2.37. The third-order valence-electron chi connectivity index (χ3n) is 4.98. The van der Waals surface area contributed by atoms with Crippen molar-refractivity contribution in [3.63, 3.8) is 0 Å². The van der Waals surface area contributed by atoms with Crippen molar-refractivity contribution in [3.05, 3.63) is 47.9 Å². The molecule has 2 aromatic heterocycles. The molecule has 0 radical (unpaired) electrons. The van der Waals surface area contributed by atoms with Crippen molar-refractivity contribution in [2.75, 3.05) is 13.1 Å². The number of benzene rings is 1. The van der Waals surface area contributed by atoms with Gasteiger partial charge in [-0.2, -0.15) is 18.2 Å². The van der Waals surface area contributed by atoms with Crippen molar-refractivity contribution in [3.8, 4) is 17.1 Å². The number of hydrogen-bond donors (Lipinski definition) is 1. The zero-order valence-electron chi connectivity index (χ0n) is 16.5. The number of hydrogen-bond acceptors (Lipinski definition) is 6. The number of morpholine rings is 1. The molecule has 9 heteroatoms. The van der Waals surface area contributed by atoms with Crippen molar-refractivity contribution >= 4 is 10.9 Å². The fourth-order valence-corrected chi connectivity index (χ4v) is 3.84. The first kappa shape index (κ1) is 20.5. The first-order valence-electron chi connectivity index (χ1n) is 9.61. The average molecular weight is 418 g/mol. The van der Waals surface area contributed by atoms with Gasteiger partial charge in [-0.05, 0) is 26.0 Å². The summed E-state index contributed by atoms with van der Waals surface area (Å²) in [5, 5.41) is 10.6. The Balaban J connectivity index is 1.71. The molecule has 0 spiro atoms. The van der Waals surface area contributed by atoms with E-state index in [4.69, 9.17) is 4.74 Å². The molecule has 3 heterocycles. The van der Waals surface area contributed by atoms with E-state index in [0.717, 1.165) is 6.07 Å². The molecule has 0 saturated carbocycles. The molecular formula is C21H21F3N4O2. The zero-order chi connectivity index (χ0) is 21.5. The molecule has 1 aliphatic heterocycles. The second kappa shape index (κ2) is 7.81. The molecule has 1 N–H and O–H groups in total. The largest absolute Gasteiger partial charge is 0.493 e. The lowest BCUT2D eigenvalue weighted by atomic mass is 10.0. The molecule has 1 aliphatic rings. The molecule has 2 atom stereocenters. The highest BCUT2D eigenvalue weighted by atomic mass is 19.4. The van der Waals surface area contributed by atoms with Gasteiger partial charge in [-0.1, -0.05) is 18.2 Å². The Morgan fingerprint density at radius 2 is 1.83 bits per heavy atom. The maximum atomic E-state index is 13.4. The van der Waals surface area contributed by atoms with Gasteiger partial charge in [-0.3, -0.25) is 9.88 Å². The van der Waals surface area contributed by atoms with Crippen molar-refractivity contribution in [2.45, 2.75) is 38.8 Å². The molecule has 1 saturated heterocycles. The third-order valence-corrected chi connectivity index (χ3v) is 4.98. The highest BCUT2D eigenvalue weighted by molar-refractivity contribution is 5.85. The van der Waals surface area contributed by atoms with Crippen LogP contribution in [0.25, 0.3) is 22.2 Å². The minimum Gasteiger partial charge on any atom is -0.493 e. The summed E-state index contributed by atoms with van der Waals surface area (Å²) in [6.07, 6.45) is -3.07. The van der Waals surface area contributed by atoms with Crippen LogP contribution in [0.3, 0.4) is 0 Å². The molecule has 0 aliphatic carbocycles. The van der Waals surface area contributed by atoms with Gasteiger partial charge < -0.3 is 9.84 Å². The Labute approximate surface area is 171 Å². The maximum absolute atomic E-state index is 13.4. The van der Waals surface area contributed by atoms with E-state index >= 15 is 0 Å². The summed E-state index contributed by atoms with van der Waals surface area (Å²) in [6.45, 7) is 5.77. The van der Waals surface area contributed by atoms with Crippen LogP contribution in [0, 0.1) is 0 Å². The SMILES string of the molecule is C[C@@H]1CN(Cc2nc(O)c3cnc(-c4ccccc4C(F)(F)F)cc3n2)C[C@H](C)O1. The van der Waals surface area contributed by atoms with Gasteiger partial charge >= 0.3 is 6.18 Å². The summed E-state index contributed by atoms with van der Waals surface area (Å²) in [6, 6.07) is 6.71. The van der Waals surface area contributed by atoms with Crippen LogP contribution in [0.1, 0.15) is 25.2 Å². The number of ether oxygens (including phenoxy) is 1. The molecule has 30 heavy (non-hydrogen) atoms. The molecule has 6 nitrogen and oxygen atoms in total. The van der Waals surface area contributed by atoms with Gasteiger partial charge in [0.15, 0.2) is 0 Å². The van der Waals surface area contributed by atoms with Gasteiger partial charge in [0.2, 0.25) is 5.88 Å². The van der Waals surface area contributed by atoms with Crippen LogP contribution < -0.4 is 0 Å². The van der Waals surface area contributed by atoms with Crippen LogP contribution in [-0.2, 0) is 17.5 Å². The number of fused-ring (bicyclic) bond motifs is 1. The molecule has 1 aromatic carbocycles. The molecule has 0 bridgehead atoms. The molecular weight excluding hydrogens is 397 g/mol. The van der Waals surface area contributed by atoms with E-state index in [-0.39, 0.29) is 34.7 Å².